The van der Waals surface area contributed by atoms with Crippen molar-refractivity contribution in [3.63, 3.8) is 0 Å². The summed E-state index contributed by atoms with van der Waals surface area (Å²) in [6.45, 7) is 2.39. The van der Waals surface area contributed by atoms with Crippen LogP contribution in [0.3, 0.4) is 0 Å². The van der Waals surface area contributed by atoms with Crippen molar-refractivity contribution in [1.29, 1.82) is 5.26 Å². The molecule has 1 aromatic heterocycles. The monoisotopic (exact) mass is 542 g/mol. The lowest BCUT2D eigenvalue weighted by Gasteiger charge is -2.26. The largest absolute Gasteiger partial charge is 0.312 e. The molecule has 5 rings (SSSR count). The van der Waals surface area contributed by atoms with E-state index in [4.69, 9.17) is 0 Å². The first-order valence-corrected chi connectivity index (χ1v) is 14.4. The van der Waals surface area contributed by atoms with Crippen molar-refractivity contribution in [2.75, 3.05) is 23.2 Å². The second kappa shape index (κ2) is 10.8. The number of sulfonamides is 1. The fraction of sp³-hybridized carbons (Fsp3) is 0.172. The Balaban J connectivity index is 1.30. The smallest absolute Gasteiger partial charge is 0.264 e. The molecule has 0 fully saturated rings. The van der Waals surface area contributed by atoms with Crippen molar-refractivity contribution in [3.05, 3.63) is 112 Å². The van der Waals surface area contributed by atoms with E-state index in [2.05, 4.69) is 28.4 Å². The summed E-state index contributed by atoms with van der Waals surface area (Å²) in [5.41, 5.74) is 3.61. The van der Waals surface area contributed by atoms with Gasteiger partial charge in [-0.25, -0.2) is 8.42 Å². The van der Waals surface area contributed by atoms with E-state index in [9.17, 15) is 18.5 Å². The molecule has 38 heavy (non-hydrogen) atoms. The Morgan fingerprint density at radius 3 is 2.34 bits per heavy atom. The summed E-state index contributed by atoms with van der Waals surface area (Å²) in [6, 6.07) is 27.2. The summed E-state index contributed by atoms with van der Waals surface area (Å²) in [5, 5.41) is 13.3. The van der Waals surface area contributed by atoms with Crippen LogP contribution in [0.15, 0.2) is 89.8 Å². The number of benzene rings is 3. The van der Waals surface area contributed by atoms with E-state index in [-0.39, 0.29) is 10.8 Å². The summed E-state index contributed by atoms with van der Waals surface area (Å²) in [4.78, 5) is 16.5. The lowest BCUT2D eigenvalue weighted by Crippen LogP contribution is -2.29. The van der Waals surface area contributed by atoms with Crippen LogP contribution >= 0.6 is 11.3 Å². The topological polar surface area (TPSA) is 93.5 Å². The predicted molar refractivity (Wildman–Crippen MR) is 150 cm³/mol. The summed E-state index contributed by atoms with van der Waals surface area (Å²) in [7, 11) is -2.28. The van der Waals surface area contributed by atoms with Crippen molar-refractivity contribution in [1.82, 2.24) is 4.90 Å². The predicted octanol–water partition coefficient (Wildman–Crippen LogP) is 5.26. The minimum absolute atomic E-state index is 0.0863. The molecule has 0 unspecified atom stereocenters. The van der Waals surface area contributed by atoms with Gasteiger partial charge in [-0.15, -0.1) is 11.3 Å². The number of para-hydroxylation sites is 1. The van der Waals surface area contributed by atoms with Gasteiger partial charge in [-0.2, -0.15) is 5.26 Å². The van der Waals surface area contributed by atoms with Crippen molar-refractivity contribution in [2.24, 2.45) is 0 Å². The molecule has 4 aromatic rings. The molecule has 1 amide bonds. The van der Waals surface area contributed by atoms with Crippen LogP contribution in [0.4, 0.5) is 10.7 Å². The van der Waals surface area contributed by atoms with Crippen LogP contribution in [0, 0.1) is 11.3 Å². The molecule has 1 N–H and O–H groups in total. The van der Waals surface area contributed by atoms with Crippen LogP contribution in [0.1, 0.15) is 31.9 Å². The highest BCUT2D eigenvalue weighted by atomic mass is 32.2. The number of nitrogens with one attached hydrogen (secondary N) is 1. The molecule has 1 aliphatic heterocycles. The molecule has 9 heteroatoms. The number of carbonyl (C=O) groups is 1. The number of amides is 1. The average Bonchev–Trinajstić information content (AvgIpc) is 3.29. The Hall–Kier alpha value is -3.97. The molecule has 0 spiro atoms. The Kier molecular flexibility index (Phi) is 7.29. The fourth-order valence-corrected chi connectivity index (χ4v) is 6.96. The average molecular weight is 543 g/mol. The van der Waals surface area contributed by atoms with E-state index in [0.29, 0.717) is 21.8 Å². The molecule has 2 heterocycles. The number of thiophene rings is 1. The van der Waals surface area contributed by atoms with Gasteiger partial charge < -0.3 is 5.32 Å². The zero-order chi connectivity index (χ0) is 26.7. The number of hydrogen-bond donors (Lipinski definition) is 1. The number of anilines is 2. The Bertz CT molecular complexity index is 1590. The van der Waals surface area contributed by atoms with E-state index in [0.717, 1.165) is 36.5 Å². The van der Waals surface area contributed by atoms with E-state index in [1.54, 1.807) is 24.3 Å². The highest BCUT2D eigenvalue weighted by molar-refractivity contribution is 7.92. The van der Waals surface area contributed by atoms with Gasteiger partial charge in [-0.05, 0) is 53.9 Å². The normalized spacial score (nSPS) is 13.4. The van der Waals surface area contributed by atoms with Crippen LogP contribution in [0.25, 0.3) is 0 Å². The van der Waals surface area contributed by atoms with Gasteiger partial charge >= 0.3 is 0 Å². The first kappa shape index (κ1) is 25.7. The minimum atomic E-state index is -3.78. The van der Waals surface area contributed by atoms with E-state index in [1.807, 2.05) is 24.3 Å². The molecular formula is C29H26N4O3S2. The molecular weight excluding hydrogens is 516 g/mol. The molecule has 0 saturated heterocycles. The van der Waals surface area contributed by atoms with Crippen LogP contribution in [-0.4, -0.2) is 32.8 Å². The van der Waals surface area contributed by atoms with Crippen molar-refractivity contribution in [2.45, 2.75) is 24.4 Å². The fourth-order valence-electron chi connectivity index (χ4n) is 4.53. The molecule has 0 saturated carbocycles. The van der Waals surface area contributed by atoms with Gasteiger partial charge in [0, 0.05) is 37.1 Å². The molecule has 192 valence electrons. The van der Waals surface area contributed by atoms with Gasteiger partial charge in [0.2, 0.25) is 0 Å². The van der Waals surface area contributed by atoms with Gasteiger partial charge in [-0.3, -0.25) is 14.0 Å². The lowest BCUT2D eigenvalue weighted by molar-refractivity contribution is 0.102. The van der Waals surface area contributed by atoms with E-state index in [1.165, 1.54) is 52.5 Å². The van der Waals surface area contributed by atoms with Crippen molar-refractivity contribution >= 4 is 38.0 Å². The van der Waals surface area contributed by atoms with E-state index < -0.39 is 10.0 Å². The van der Waals surface area contributed by atoms with Crippen LogP contribution < -0.4 is 9.62 Å². The summed E-state index contributed by atoms with van der Waals surface area (Å²) < 4.78 is 27.3. The number of nitriles is 1. The van der Waals surface area contributed by atoms with Gasteiger partial charge in [0.1, 0.15) is 11.1 Å². The SMILES string of the molecule is CN(c1ccccc1)S(=O)(=O)c1ccc(C(=O)Nc2sc3c(c2C#N)CCN(Cc2ccccc2)C3)cc1. The minimum Gasteiger partial charge on any atom is -0.312 e. The zero-order valence-corrected chi connectivity index (χ0v) is 22.4. The van der Waals surface area contributed by atoms with Crippen LogP contribution in [0.5, 0.6) is 0 Å². The van der Waals surface area contributed by atoms with Crippen molar-refractivity contribution in [3.8, 4) is 6.07 Å². The molecule has 0 aliphatic carbocycles. The second-order valence-electron chi connectivity index (χ2n) is 9.05. The first-order valence-electron chi connectivity index (χ1n) is 12.1. The third-order valence-corrected chi connectivity index (χ3v) is 9.55. The van der Waals surface area contributed by atoms with E-state index >= 15 is 0 Å². The highest BCUT2D eigenvalue weighted by Gasteiger charge is 2.26. The maximum atomic E-state index is 13.0. The lowest BCUT2D eigenvalue weighted by atomic mass is 10.0. The van der Waals surface area contributed by atoms with Gasteiger partial charge in [-0.1, -0.05) is 48.5 Å². The van der Waals surface area contributed by atoms with Gasteiger partial charge in [0.15, 0.2) is 0 Å². The third kappa shape index (κ3) is 5.20. The first-order chi connectivity index (χ1) is 18.4. The zero-order valence-electron chi connectivity index (χ0n) is 20.8. The van der Waals surface area contributed by atoms with Gasteiger partial charge in [0.05, 0.1) is 16.1 Å². The maximum Gasteiger partial charge on any atom is 0.264 e. The molecule has 0 radical (unpaired) electrons. The molecule has 3 aromatic carbocycles. The summed E-state index contributed by atoms with van der Waals surface area (Å²) >= 11 is 1.43. The quantitative estimate of drug-likeness (QED) is 0.344. The Morgan fingerprint density at radius 2 is 1.68 bits per heavy atom. The van der Waals surface area contributed by atoms with Gasteiger partial charge in [0.25, 0.3) is 15.9 Å². The molecule has 7 nitrogen and oxygen atoms in total. The number of carbonyl (C=O) groups excluding carboxylic acids is 1. The Morgan fingerprint density at radius 1 is 1.03 bits per heavy atom. The maximum absolute atomic E-state index is 13.0. The second-order valence-corrected chi connectivity index (χ2v) is 12.1. The Labute approximate surface area is 226 Å². The molecule has 0 bridgehead atoms. The highest BCUT2D eigenvalue weighted by Crippen LogP contribution is 2.37. The number of rotatable bonds is 7. The van der Waals surface area contributed by atoms with Crippen molar-refractivity contribution < 1.29 is 13.2 Å². The molecule has 1 aliphatic rings. The third-order valence-electron chi connectivity index (χ3n) is 6.62. The van der Waals surface area contributed by atoms with Crippen LogP contribution in [-0.2, 0) is 29.5 Å². The van der Waals surface area contributed by atoms with Crippen LogP contribution in [0.2, 0.25) is 0 Å². The molecule has 0 atom stereocenters. The number of nitrogens with zero attached hydrogens (tertiary/aromatic N) is 3. The standard InChI is InChI=1S/C29H26N4O3S2/c1-32(23-10-6-3-7-11-23)38(35,36)24-14-12-22(13-15-24)28(34)31-29-26(18-30)25-16-17-33(20-27(25)37-29)19-21-8-4-2-5-9-21/h2-15H,16-17,19-20H2,1H3,(H,31,34). The summed E-state index contributed by atoms with van der Waals surface area (Å²) in [5.74, 6) is -0.387. The number of hydrogen-bond acceptors (Lipinski definition) is 6. The number of fused-ring (bicyclic) bond motifs is 1. The summed E-state index contributed by atoms with van der Waals surface area (Å²) in [6.07, 6.45) is 0.749.